The van der Waals surface area contributed by atoms with Crippen LogP contribution in [0.15, 0.2) is 24.4 Å². The fourth-order valence-electron chi connectivity index (χ4n) is 2.31. The van der Waals surface area contributed by atoms with Crippen LogP contribution in [0.4, 0.5) is 0 Å². The summed E-state index contributed by atoms with van der Waals surface area (Å²) in [7, 11) is 0. The van der Waals surface area contributed by atoms with Crippen molar-refractivity contribution in [3.63, 3.8) is 0 Å². The molecule has 0 spiro atoms. The first-order valence-electron chi connectivity index (χ1n) is 6.30. The number of nitrogens with one attached hydrogen (secondary N) is 2. The van der Waals surface area contributed by atoms with Crippen LogP contribution in [-0.4, -0.2) is 57.1 Å². The SMILES string of the molecule is O=C1CN(C(=O)c2ccc3cn[nH]c3c2)C(C(=O)O)CN1. The average Bonchev–Trinajstić information content (AvgIpc) is 2.93. The van der Waals surface area contributed by atoms with E-state index in [4.69, 9.17) is 5.11 Å². The Morgan fingerprint density at radius 3 is 2.95 bits per heavy atom. The molecule has 1 aliphatic heterocycles. The van der Waals surface area contributed by atoms with Crippen LogP contribution in [0.3, 0.4) is 0 Å². The van der Waals surface area contributed by atoms with Gasteiger partial charge >= 0.3 is 5.97 Å². The fraction of sp³-hybridized carbons (Fsp3) is 0.231. The maximum absolute atomic E-state index is 12.5. The Morgan fingerprint density at radius 1 is 1.38 bits per heavy atom. The summed E-state index contributed by atoms with van der Waals surface area (Å²) in [5.41, 5.74) is 0.988. The van der Waals surface area contributed by atoms with Crippen molar-refractivity contribution in [2.45, 2.75) is 6.04 Å². The third-order valence-electron chi connectivity index (χ3n) is 3.42. The van der Waals surface area contributed by atoms with Crippen LogP contribution >= 0.6 is 0 Å². The summed E-state index contributed by atoms with van der Waals surface area (Å²) >= 11 is 0. The Hall–Kier alpha value is -2.90. The maximum atomic E-state index is 12.5. The van der Waals surface area contributed by atoms with Gasteiger partial charge in [0.15, 0.2) is 0 Å². The average molecular weight is 288 g/mol. The number of aliphatic carboxylic acids is 1. The first-order chi connectivity index (χ1) is 10.1. The zero-order chi connectivity index (χ0) is 15.0. The lowest BCUT2D eigenvalue weighted by Gasteiger charge is -2.32. The minimum Gasteiger partial charge on any atom is -0.480 e. The largest absolute Gasteiger partial charge is 0.480 e. The first-order valence-corrected chi connectivity index (χ1v) is 6.30. The van der Waals surface area contributed by atoms with Gasteiger partial charge in [-0.3, -0.25) is 14.7 Å². The number of amides is 2. The second-order valence-corrected chi connectivity index (χ2v) is 4.76. The third-order valence-corrected chi connectivity index (χ3v) is 3.42. The first kappa shape index (κ1) is 13.1. The number of piperazine rings is 1. The quantitative estimate of drug-likeness (QED) is 0.694. The predicted molar refractivity (Wildman–Crippen MR) is 71.6 cm³/mol. The minimum absolute atomic E-state index is 0.0911. The van der Waals surface area contributed by atoms with Gasteiger partial charge in [0.25, 0.3) is 5.91 Å². The molecular weight excluding hydrogens is 276 g/mol. The lowest BCUT2D eigenvalue weighted by Crippen LogP contribution is -2.59. The molecule has 0 radical (unpaired) electrons. The van der Waals surface area contributed by atoms with E-state index < -0.39 is 17.9 Å². The van der Waals surface area contributed by atoms with Crippen molar-refractivity contribution in [1.29, 1.82) is 0 Å². The number of carboxylic acids is 1. The molecule has 21 heavy (non-hydrogen) atoms. The highest BCUT2D eigenvalue weighted by atomic mass is 16.4. The highest BCUT2D eigenvalue weighted by molar-refractivity contribution is 6.01. The zero-order valence-corrected chi connectivity index (χ0v) is 10.9. The second kappa shape index (κ2) is 4.89. The van der Waals surface area contributed by atoms with Crippen LogP contribution < -0.4 is 5.32 Å². The molecule has 1 saturated heterocycles. The Kier molecular flexibility index (Phi) is 3.05. The second-order valence-electron chi connectivity index (χ2n) is 4.76. The molecule has 3 N–H and O–H groups in total. The summed E-state index contributed by atoms with van der Waals surface area (Å²) in [5, 5.41) is 19.1. The smallest absolute Gasteiger partial charge is 0.328 e. The number of H-pyrrole nitrogens is 1. The molecule has 8 heteroatoms. The molecule has 8 nitrogen and oxygen atoms in total. The van der Waals surface area contributed by atoms with E-state index in [2.05, 4.69) is 15.5 Å². The topological polar surface area (TPSA) is 115 Å². The Labute approximate surface area is 118 Å². The molecule has 1 unspecified atom stereocenters. The minimum atomic E-state index is -1.15. The molecule has 1 fully saturated rings. The summed E-state index contributed by atoms with van der Waals surface area (Å²) in [6.45, 7) is -0.358. The molecule has 1 atom stereocenters. The van der Waals surface area contributed by atoms with Gasteiger partial charge in [-0.05, 0) is 12.1 Å². The van der Waals surface area contributed by atoms with E-state index >= 15 is 0 Å². The number of carbonyl (C=O) groups excluding carboxylic acids is 2. The monoisotopic (exact) mass is 288 g/mol. The van der Waals surface area contributed by atoms with E-state index in [-0.39, 0.29) is 19.0 Å². The Balaban J connectivity index is 1.94. The van der Waals surface area contributed by atoms with Crippen LogP contribution in [0, 0.1) is 0 Å². The predicted octanol–water partition coefficient (Wildman–Crippen LogP) is -0.412. The number of benzene rings is 1. The molecule has 1 aromatic heterocycles. The number of fused-ring (bicyclic) bond motifs is 1. The van der Waals surface area contributed by atoms with E-state index in [0.717, 1.165) is 10.3 Å². The normalized spacial score (nSPS) is 18.6. The van der Waals surface area contributed by atoms with Gasteiger partial charge in [-0.15, -0.1) is 0 Å². The highest BCUT2D eigenvalue weighted by Crippen LogP contribution is 2.16. The number of hydrogen-bond acceptors (Lipinski definition) is 4. The van der Waals surface area contributed by atoms with Gasteiger partial charge in [0.05, 0.1) is 11.7 Å². The van der Waals surface area contributed by atoms with Crippen molar-refractivity contribution in [3.8, 4) is 0 Å². The van der Waals surface area contributed by atoms with Gasteiger partial charge in [0.1, 0.15) is 12.6 Å². The summed E-state index contributed by atoms with van der Waals surface area (Å²) in [6, 6.07) is 3.83. The van der Waals surface area contributed by atoms with Crippen LogP contribution in [0.5, 0.6) is 0 Å². The van der Waals surface area contributed by atoms with Gasteiger partial charge in [-0.2, -0.15) is 5.10 Å². The van der Waals surface area contributed by atoms with Crippen molar-refractivity contribution in [2.24, 2.45) is 0 Å². The molecule has 0 aliphatic carbocycles. The molecule has 3 rings (SSSR count). The number of carbonyl (C=O) groups is 3. The van der Waals surface area contributed by atoms with Crippen molar-refractivity contribution < 1.29 is 19.5 Å². The van der Waals surface area contributed by atoms with Crippen LogP contribution in [0.1, 0.15) is 10.4 Å². The Morgan fingerprint density at radius 2 is 2.19 bits per heavy atom. The van der Waals surface area contributed by atoms with Gasteiger partial charge in [0, 0.05) is 17.5 Å². The molecule has 2 aromatic rings. The molecule has 2 amide bonds. The van der Waals surface area contributed by atoms with E-state index in [1.54, 1.807) is 24.4 Å². The molecule has 108 valence electrons. The molecule has 1 aromatic carbocycles. The van der Waals surface area contributed by atoms with Gasteiger partial charge in [0.2, 0.25) is 5.91 Å². The van der Waals surface area contributed by atoms with Gasteiger partial charge < -0.3 is 15.3 Å². The zero-order valence-electron chi connectivity index (χ0n) is 10.9. The lowest BCUT2D eigenvalue weighted by atomic mass is 10.1. The molecule has 0 saturated carbocycles. The van der Waals surface area contributed by atoms with Crippen LogP contribution in [0.25, 0.3) is 10.9 Å². The van der Waals surface area contributed by atoms with E-state index in [1.807, 2.05) is 0 Å². The molecule has 0 bridgehead atoms. The number of aromatic amines is 1. The number of hydrogen-bond donors (Lipinski definition) is 3. The van der Waals surface area contributed by atoms with Gasteiger partial charge in [-0.25, -0.2) is 4.79 Å². The highest BCUT2D eigenvalue weighted by Gasteiger charge is 2.35. The number of rotatable bonds is 2. The van der Waals surface area contributed by atoms with Crippen molar-refractivity contribution in [2.75, 3.05) is 13.1 Å². The third kappa shape index (κ3) is 2.31. The number of carboxylic acid groups (broad SMARTS) is 1. The summed E-state index contributed by atoms with van der Waals surface area (Å²) in [5.74, 6) is -2.01. The molecular formula is C13H12N4O4. The van der Waals surface area contributed by atoms with Crippen molar-refractivity contribution >= 4 is 28.7 Å². The van der Waals surface area contributed by atoms with Crippen LogP contribution in [-0.2, 0) is 9.59 Å². The standard InChI is InChI=1S/C13H12N4O4/c18-11-6-17(10(5-14-11)13(20)21)12(19)7-1-2-8-4-15-16-9(8)3-7/h1-4,10H,5-6H2,(H,14,18)(H,15,16)(H,20,21). The summed E-state index contributed by atoms with van der Waals surface area (Å²) < 4.78 is 0. The number of nitrogens with zero attached hydrogens (tertiary/aromatic N) is 2. The Bertz CT molecular complexity index is 739. The summed E-state index contributed by atoms with van der Waals surface area (Å²) in [4.78, 5) is 36.2. The fourth-order valence-corrected chi connectivity index (χ4v) is 2.31. The number of aromatic nitrogens is 2. The van der Waals surface area contributed by atoms with E-state index in [1.165, 1.54) is 0 Å². The molecule has 2 heterocycles. The van der Waals surface area contributed by atoms with Crippen LogP contribution in [0.2, 0.25) is 0 Å². The van der Waals surface area contributed by atoms with Gasteiger partial charge in [-0.1, -0.05) is 6.07 Å². The van der Waals surface area contributed by atoms with E-state index in [0.29, 0.717) is 11.1 Å². The van der Waals surface area contributed by atoms with Crippen molar-refractivity contribution in [3.05, 3.63) is 30.0 Å². The van der Waals surface area contributed by atoms with E-state index in [9.17, 15) is 14.4 Å². The molecule has 1 aliphatic rings. The maximum Gasteiger partial charge on any atom is 0.328 e. The summed E-state index contributed by atoms with van der Waals surface area (Å²) in [6.07, 6.45) is 1.62. The lowest BCUT2D eigenvalue weighted by molar-refractivity contribution is -0.144. The van der Waals surface area contributed by atoms with Crippen molar-refractivity contribution in [1.82, 2.24) is 20.4 Å².